The van der Waals surface area contributed by atoms with Crippen molar-refractivity contribution in [1.29, 1.82) is 0 Å². The number of nitrogens with zero attached hydrogens (tertiary/aromatic N) is 1. The maximum absolute atomic E-state index is 4.41. The van der Waals surface area contributed by atoms with Crippen LogP contribution in [0, 0.1) is 0 Å². The van der Waals surface area contributed by atoms with E-state index < -0.39 is 0 Å². The van der Waals surface area contributed by atoms with Crippen molar-refractivity contribution in [3.05, 3.63) is 77.9 Å². The van der Waals surface area contributed by atoms with E-state index in [0.29, 0.717) is 0 Å². The second-order valence-corrected chi connectivity index (χ2v) is 5.41. The quantitative estimate of drug-likeness (QED) is 0.711. The normalized spacial score (nSPS) is 18.6. The van der Waals surface area contributed by atoms with E-state index in [1.165, 1.54) is 16.3 Å². The highest BCUT2D eigenvalue weighted by Crippen LogP contribution is 2.30. The van der Waals surface area contributed by atoms with Gasteiger partial charge in [-0.2, -0.15) is 0 Å². The first-order valence-corrected chi connectivity index (χ1v) is 7.44. The van der Waals surface area contributed by atoms with Crippen LogP contribution in [-0.4, -0.2) is 12.9 Å². The van der Waals surface area contributed by atoms with Gasteiger partial charge in [-0.1, -0.05) is 54.6 Å². The molecule has 3 aromatic carbocycles. The molecule has 0 bridgehead atoms. The summed E-state index contributed by atoms with van der Waals surface area (Å²) in [4.78, 5) is 4.41. The van der Waals surface area contributed by atoms with Gasteiger partial charge in [0.05, 0.1) is 0 Å². The molecule has 0 saturated heterocycles. The van der Waals surface area contributed by atoms with Crippen molar-refractivity contribution in [2.24, 2.45) is 4.99 Å². The number of nitrogens with one attached hydrogen (secondary N) is 2. The highest BCUT2D eigenvalue weighted by molar-refractivity contribution is 6.05. The third kappa shape index (κ3) is 2.02. The lowest BCUT2D eigenvalue weighted by molar-refractivity contribution is 0.726. The van der Waals surface area contributed by atoms with Crippen LogP contribution in [0.3, 0.4) is 0 Å². The average molecular weight is 287 g/mol. The molecule has 0 spiro atoms. The van der Waals surface area contributed by atoms with Gasteiger partial charge in [-0.15, -0.1) is 0 Å². The molecule has 1 aliphatic rings. The summed E-state index contributed by atoms with van der Waals surface area (Å²) in [7, 11) is 1.82. The molecule has 1 heterocycles. The van der Waals surface area contributed by atoms with Gasteiger partial charge in [-0.05, 0) is 22.9 Å². The Hall–Kier alpha value is -2.81. The van der Waals surface area contributed by atoms with Gasteiger partial charge in [0.25, 0.3) is 0 Å². The van der Waals surface area contributed by atoms with Crippen LogP contribution in [0.1, 0.15) is 17.3 Å². The number of benzene rings is 3. The Morgan fingerprint density at radius 2 is 1.59 bits per heavy atom. The van der Waals surface area contributed by atoms with Crippen LogP contribution in [0.25, 0.3) is 10.8 Å². The van der Waals surface area contributed by atoms with Crippen molar-refractivity contribution in [2.75, 3.05) is 12.4 Å². The predicted octanol–water partition coefficient (Wildman–Crippen LogP) is 3.93. The lowest BCUT2D eigenvalue weighted by Crippen LogP contribution is -2.39. The summed E-state index contributed by atoms with van der Waals surface area (Å²) in [6.07, 6.45) is 0.0136. The molecule has 0 saturated carbocycles. The van der Waals surface area contributed by atoms with E-state index >= 15 is 0 Å². The smallest absolute Gasteiger partial charge is 0.131 e. The van der Waals surface area contributed by atoms with E-state index in [-0.39, 0.29) is 6.17 Å². The zero-order chi connectivity index (χ0) is 14.9. The highest BCUT2D eigenvalue weighted by atomic mass is 15.2. The minimum Gasteiger partial charge on any atom is -0.361 e. The molecule has 2 N–H and O–H groups in total. The average Bonchev–Trinajstić information content (AvgIpc) is 2.60. The molecular weight excluding hydrogens is 270 g/mol. The number of amidine groups is 1. The zero-order valence-corrected chi connectivity index (χ0v) is 12.4. The lowest BCUT2D eigenvalue weighted by atomic mass is 10.00. The van der Waals surface area contributed by atoms with Gasteiger partial charge in [0.1, 0.15) is 12.0 Å². The Morgan fingerprint density at radius 1 is 0.818 bits per heavy atom. The summed E-state index contributed by atoms with van der Waals surface area (Å²) in [6.45, 7) is 0. The molecular formula is C19H17N3. The maximum Gasteiger partial charge on any atom is 0.131 e. The third-order valence-electron chi connectivity index (χ3n) is 4.12. The number of hydrogen-bond donors (Lipinski definition) is 2. The van der Waals surface area contributed by atoms with Gasteiger partial charge in [0.15, 0.2) is 0 Å². The first kappa shape index (κ1) is 12.9. The summed E-state index contributed by atoms with van der Waals surface area (Å²) >= 11 is 0. The molecule has 0 fully saturated rings. The number of anilines is 1. The number of hydrogen-bond acceptors (Lipinski definition) is 2. The molecule has 3 nitrogen and oxygen atoms in total. The van der Waals surface area contributed by atoms with Gasteiger partial charge in [0.2, 0.25) is 0 Å². The van der Waals surface area contributed by atoms with Crippen LogP contribution in [0.4, 0.5) is 5.69 Å². The van der Waals surface area contributed by atoms with Gasteiger partial charge in [-0.25, -0.2) is 0 Å². The van der Waals surface area contributed by atoms with Gasteiger partial charge < -0.3 is 10.6 Å². The molecule has 4 rings (SSSR count). The van der Waals surface area contributed by atoms with E-state index in [2.05, 4.69) is 70.2 Å². The first-order chi connectivity index (χ1) is 10.9. The number of aliphatic imine (C=N–C) groups is 1. The van der Waals surface area contributed by atoms with Crippen molar-refractivity contribution >= 4 is 22.3 Å². The van der Waals surface area contributed by atoms with Crippen LogP contribution in [0.2, 0.25) is 0 Å². The lowest BCUT2D eigenvalue weighted by Gasteiger charge is -2.31. The predicted molar refractivity (Wildman–Crippen MR) is 92.4 cm³/mol. The molecule has 22 heavy (non-hydrogen) atoms. The van der Waals surface area contributed by atoms with Crippen LogP contribution in [0.15, 0.2) is 71.7 Å². The number of rotatable bonds is 1. The summed E-state index contributed by atoms with van der Waals surface area (Å²) in [5.74, 6) is 0.923. The van der Waals surface area contributed by atoms with Crippen molar-refractivity contribution in [2.45, 2.75) is 6.17 Å². The molecule has 0 aromatic heterocycles. The Labute approximate surface area is 129 Å². The van der Waals surface area contributed by atoms with Gasteiger partial charge in [0, 0.05) is 23.9 Å². The van der Waals surface area contributed by atoms with Crippen molar-refractivity contribution < 1.29 is 0 Å². The summed E-state index contributed by atoms with van der Waals surface area (Å²) in [5, 5.41) is 9.59. The largest absolute Gasteiger partial charge is 0.361 e. The topological polar surface area (TPSA) is 36.4 Å². The zero-order valence-electron chi connectivity index (χ0n) is 12.4. The molecule has 3 heteroatoms. The van der Waals surface area contributed by atoms with Crippen LogP contribution in [-0.2, 0) is 0 Å². The van der Waals surface area contributed by atoms with Crippen LogP contribution < -0.4 is 10.6 Å². The molecule has 3 aromatic rings. The monoisotopic (exact) mass is 287 g/mol. The van der Waals surface area contributed by atoms with E-state index in [9.17, 15) is 0 Å². The molecule has 0 aliphatic carbocycles. The fraction of sp³-hybridized carbons (Fsp3) is 0.105. The van der Waals surface area contributed by atoms with Crippen molar-refractivity contribution in [1.82, 2.24) is 5.32 Å². The molecule has 108 valence electrons. The number of para-hydroxylation sites is 1. The first-order valence-electron chi connectivity index (χ1n) is 7.44. The second-order valence-electron chi connectivity index (χ2n) is 5.41. The Kier molecular flexibility index (Phi) is 3.04. The van der Waals surface area contributed by atoms with E-state index in [1.54, 1.807) is 0 Å². The highest BCUT2D eigenvalue weighted by Gasteiger charge is 2.23. The molecule has 1 unspecified atom stereocenters. The fourth-order valence-corrected chi connectivity index (χ4v) is 3.06. The Morgan fingerprint density at radius 3 is 2.50 bits per heavy atom. The van der Waals surface area contributed by atoms with Gasteiger partial charge >= 0.3 is 0 Å². The Balaban J connectivity index is 1.84. The second kappa shape index (κ2) is 5.19. The van der Waals surface area contributed by atoms with Gasteiger partial charge in [-0.3, -0.25) is 4.99 Å². The van der Waals surface area contributed by atoms with E-state index in [1.807, 2.05) is 19.2 Å². The summed E-state index contributed by atoms with van der Waals surface area (Å²) in [6, 6.07) is 23.1. The minimum atomic E-state index is 0.0136. The van der Waals surface area contributed by atoms with Crippen LogP contribution in [0.5, 0.6) is 0 Å². The van der Waals surface area contributed by atoms with E-state index in [0.717, 1.165) is 17.1 Å². The molecule has 1 atom stereocenters. The van der Waals surface area contributed by atoms with E-state index in [4.69, 9.17) is 0 Å². The minimum absolute atomic E-state index is 0.0136. The van der Waals surface area contributed by atoms with Crippen LogP contribution >= 0.6 is 0 Å². The third-order valence-corrected chi connectivity index (χ3v) is 4.12. The standard InChI is InChI=1S/C19H17N3/c1-20-18-16-10-4-5-12-17(16)21-19(22-18)15-11-6-8-13-7-2-3-9-14(13)15/h2-12,19,21H,1H3,(H,20,22). The molecule has 1 aliphatic heterocycles. The Bertz CT molecular complexity index is 862. The van der Waals surface area contributed by atoms with Crippen molar-refractivity contribution in [3.8, 4) is 0 Å². The van der Waals surface area contributed by atoms with Crippen molar-refractivity contribution in [3.63, 3.8) is 0 Å². The summed E-state index contributed by atoms with van der Waals surface area (Å²) in [5.41, 5.74) is 3.45. The fourth-order valence-electron chi connectivity index (χ4n) is 3.06. The molecule has 0 radical (unpaired) electrons. The molecule has 0 amide bonds. The maximum atomic E-state index is 4.41. The SMILES string of the molecule is CN=C1NC(c2cccc3ccccc23)Nc2ccccc21. The number of fused-ring (bicyclic) bond motifs is 2. The summed E-state index contributed by atoms with van der Waals surface area (Å²) < 4.78 is 0.